The van der Waals surface area contributed by atoms with E-state index in [9.17, 15) is 18.0 Å². The van der Waals surface area contributed by atoms with E-state index in [2.05, 4.69) is 20.6 Å². The highest BCUT2D eigenvalue weighted by molar-refractivity contribution is 7.21. The van der Waals surface area contributed by atoms with Gasteiger partial charge in [0.2, 0.25) is 5.91 Å². The summed E-state index contributed by atoms with van der Waals surface area (Å²) < 4.78 is 39.9. The minimum Gasteiger partial charge on any atom is -0.359 e. The zero-order chi connectivity index (χ0) is 22.3. The van der Waals surface area contributed by atoms with E-state index in [1.165, 1.54) is 24.6 Å². The molecule has 7 nitrogen and oxygen atoms in total. The number of amides is 1. The molecule has 4 rings (SSSR count). The first-order valence-electron chi connectivity index (χ1n) is 9.42. The lowest BCUT2D eigenvalue weighted by molar-refractivity contribution is -0.119. The summed E-state index contributed by atoms with van der Waals surface area (Å²) >= 11 is 1.29. The van der Waals surface area contributed by atoms with Crippen molar-refractivity contribution < 1.29 is 18.0 Å². The van der Waals surface area contributed by atoms with Gasteiger partial charge in [0.25, 0.3) is 0 Å². The van der Waals surface area contributed by atoms with Gasteiger partial charge in [-0.1, -0.05) is 29.5 Å². The number of rotatable bonds is 5. The number of carbonyl (C=O) groups is 1. The second kappa shape index (κ2) is 7.80. The SMILES string of the molecule is CC(=O)N[C@@H](C)c1cccc(-c2nc3c(nc(NCC(F)(F)F)c4ncn(C)c43)s2)c1. The van der Waals surface area contributed by atoms with E-state index in [0.717, 1.165) is 11.1 Å². The third-order valence-corrected chi connectivity index (χ3v) is 5.72. The molecule has 1 amide bonds. The lowest BCUT2D eigenvalue weighted by atomic mass is 10.1. The first-order chi connectivity index (χ1) is 14.6. The predicted molar refractivity (Wildman–Crippen MR) is 114 cm³/mol. The third-order valence-electron chi connectivity index (χ3n) is 4.72. The van der Waals surface area contributed by atoms with Crippen LogP contribution in [0.4, 0.5) is 19.0 Å². The molecule has 0 aliphatic heterocycles. The number of nitrogens with one attached hydrogen (secondary N) is 2. The highest BCUT2D eigenvalue weighted by Crippen LogP contribution is 2.36. The van der Waals surface area contributed by atoms with Crippen LogP contribution in [-0.4, -0.2) is 38.1 Å². The molecule has 2 N–H and O–H groups in total. The Labute approximate surface area is 179 Å². The fraction of sp³-hybridized carbons (Fsp3) is 0.300. The Balaban J connectivity index is 1.79. The monoisotopic (exact) mass is 448 g/mol. The summed E-state index contributed by atoms with van der Waals surface area (Å²) in [6.45, 7) is 2.15. The molecule has 0 aliphatic carbocycles. The normalized spacial score (nSPS) is 13.0. The predicted octanol–water partition coefficient (Wildman–Crippen LogP) is 4.42. The van der Waals surface area contributed by atoms with Crippen molar-refractivity contribution in [1.82, 2.24) is 24.8 Å². The Morgan fingerprint density at radius 3 is 2.74 bits per heavy atom. The van der Waals surface area contributed by atoms with Crippen LogP contribution < -0.4 is 10.6 Å². The summed E-state index contributed by atoms with van der Waals surface area (Å²) in [5.41, 5.74) is 3.27. The lowest BCUT2D eigenvalue weighted by Crippen LogP contribution is -2.23. The van der Waals surface area contributed by atoms with E-state index in [1.807, 2.05) is 31.2 Å². The molecule has 0 fully saturated rings. The molecule has 11 heteroatoms. The number of hydrogen-bond donors (Lipinski definition) is 2. The van der Waals surface area contributed by atoms with Crippen LogP contribution >= 0.6 is 11.3 Å². The number of benzene rings is 1. The van der Waals surface area contributed by atoms with Gasteiger partial charge in [0.05, 0.1) is 12.4 Å². The molecule has 3 heterocycles. The van der Waals surface area contributed by atoms with Gasteiger partial charge in [-0.05, 0) is 18.6 Å². The van der Waals surface area contributed by atoms with Crippen LogP contribution in [0.1, 0.15) is 25.5 Å². The van der Waals surface area contributed by atoms with Crippen molar-refractivity contribution >= 4 is 44.4 Å². The highest BCUT2D eigenvalue weighted by atomic mass is 32.1. The summed E-state index contributed by atoms with van der Waals surface area (Å²) in [6, 6.07) is 7.44. The Morgan fingerprint density at radius 1 is 1.26 bits per heavy atom. The standard InChI is InChI=1S/C20H19F3N6OS/c1-10(26-11(2)30)12-5-4-6-13(7-12)18-27-15-16-14(25-9-29(16)3)17(28-19(15)31-18)24-8-20(21,22)23/h4-7,9-10H,8H2,1-3H3,(H,24,28)(H,26,30)/t10-/m0/s1. The number of imidazole rings is 1. The molecule has 0 aliphatic rings. The van der Waals surface area contributed by atoms with Gasteiger partial charge in [-0.2, -0.15) is 13.2 Å². The quantitative estimate of drug-likeness (QED) is 0.472. The minimum absolute atomic E-state index is 0.0728. The van der Waals surface area contributed by atoms with Gasteiger partial charge in [-0.15, -0.1) is 0 Å². The van der Waals surface area contributed by atoms with Crippen molar-refractivity contribution in [3.05, 3.63) is 36.2 Å². The Hall–Kier alpha value is -3.21. The fourth-order valence-corrected chi connectivity index (χ4v) is 4.28. The van der Waals surface area contributed by atoms with Crippen molar-refractivity contribution in [3.8, 4) is 10.6 Å². The summed E-state index contributed by atoms with van der Waals surface area (Å²) in [5, 5.41) is 5.87. The average Bonchev–Trinajstić information content (AvgIpc) is 3.28. The molecule has 1 aromatic carbocycles. The number of aromatic nitrogens is 4. The molecule has 31 heavy (non-hydrogen) atoms. The summed E-state index contributed by atoms with van der Waals surface area (Å²) in [5.74, 6) is -0.0526. The van der Waals surface area contributed by atoms with E-state index in [1.54, 1.807) is 11.6 Å². The van der Waals surface area contributed by atoms with Gasteiger partial charge in [-0.25, -0.2) is 15.0 Å². The first-order valence-corrected chi connectivity index (χ1v) is 10.2. The highest BCUT2D eigenvalue weighted by Gasteiger charge is 2.28. The maximum absolute atomic E-state index is 12.7. The van der Waals surface area contributed by atoms with E-state index in [-0.39, 0.29) is 17.8 Å². The zero-order valence-electron chi connectivity index (χ0n) is 16.9. The van der Waals surface area contributed by atoms with Gasteiger partial charge >= 0.3 is 6.18 Å². The average molecular weight is 448 g/mol. The summed E-state index contributed by atoms with van der Waals surface area (Å²) in [4.78, 5) is 25.2. The summed E-state index contributed by atoms with van der Waals surface area (Å²) in [7, 11) is 1.76. The topological polar surface area (TPSA) is 84.7 Å². The number of carbonyl (C=O) groups excluding carboxylic acids is 1. The molecular formula is C20H19F3N6OS. The van der Waals surface area contributed by atoms with E-state index in [4.69, 9.17) is 4.98 Å². The van der Waals surface area contributed by atoms with Gasteiger partial charge in [0.1, 0.15) is 32.9 Å². The Morgan fingerprint density at radius 2 is 2.03 bits per heavy atom. The summed E-state index contributed by atoms with van der Waals surface area (Å²) in [6.07, 6.45) is -2.85. The number of hydrogen-bond acceptors (Lipinski definition) is 6. The maximum atomic E-state index is 12.7. The van der Waals surface area contributed by atoms with Crippen molar-refractivity contribution in [2.24, 2.45) is 7.05 Å². The van der Waals surface area contributed by atoms with Crippen LogP contribution in [0.2, 0.25) is 0 Å². The van der Waals surface area contributed by atoms with Gasteiger partial charge < -0.3 is 15.2 Å². The Bertz CT molecular complexity index is 1280. The fourth-order valence-electron chi connectivity index (χ4n) is 3.34. The van der Waals surface area contributed by atoms with E-state index >= 15 is 0 Å². The maximum Gasteiger partial charge on any atom is 0.405 e. The van der Waals surface area contributed by atoms with E-state index in [0.29, 0.717) is 26.4 Å². The number of pyridine rings is 1. The molecule has 4 aromatic rings. The van der Waals surface area contributed by atoms with Crippen LogP contribution in [-0.2, 0) is 11.8 Å². The Kier molecular flexibility index (Phi) is 5.29. The van der Waals surface area contributed by atoms with Crippen molar-refractivity contribution in [3.63, 3.8) is 0 Å². The molecule has 0 saturated heterocycles. The van der Waals surface area contributed by atoms with Crippen LogP contribution in [0.5, 0.6) is 0 Å². The van der Waals surface area contributed by atoms with E-state index < -0.39 is 12.7 Å². The zero-order valence-corrected chi connectivity index (χ0v) is 17.7. The second-order valence-electron chi connectivity index (χ2n) is 7.20. The van der Waals surface area contributed by atoms with Crippen LogP contribution in [0.15, 0.2) is 30.6 Å². The van der Waals surface area contributed by atoms with Crippen molar-refractivity contribution in [2.45, 2.75) is 26.1 Å². The number of fused-ring (bicyclic) bond motifs is 3. The molecule has 0 unspecified atom stereocenters. The molecule has 3 aromatic heterocycles. The largest absolute Gasteiger partial charge is 0.405 e. The lowest BCUT2D eigenvalue weighted by Gasteiger charge is -2.13. The second-order valence-corrected chi connectivity index (χ2v) is 8.18. The van der Waals surface area contributed by atoms with Crippen molar-refractivity contribution in [1.29, 1.82) is 0 Å². The van der Waals surface area contributed by atoms with Gasteiger partial charge in [-0.3, -0.25) is 4.79 Å². The molecular weight excluding hydrogens is 429 g/mol. The number of alkyl halides is 3. The molecule has 0 radical (unpaired) electrons. The number of anilines is 1. The first kappa shape index (κ1) is 21.0. The molecule has 0 bridgehead atoms. The van der Waals surface area contributed by atoms with Crippen LogP contribution in [0, 0.1) is 0 Å². The van der Waals surface area contributed by atoms with Crippen LogP contribution in [0.3, 0.4) is 0 Å². The van der Waals surface area contributed by atoms with Crippen LogP contribution in [0.25, 0.3) is 32.0 Å². The van der Waals surface area contributed by atoms with Gasteiger partial charge in [0.15, 0.2) is 5.82 Å². The third kappa shape index (κ3) is 4.31. The van der Waals surface area contributed by atoms with Crippen molar-refractivity contribution in [2.75, 3.05) is 11.9 Å². The minimum atomic E-state index is -4.37. The molecule has 1 atom stereocenters. The molecule has 0 spiro atoms. The number of nitrogens with zero attached hydrogens (tertiary/aromatic N) is 4. The van der Waals surface area contributed by atoms with Gasteiger partial charge in [0, 0.05) is 19.5 Å². The number of halogens is 3. The smallest absolute Gasteiger partial charge is 0.359 e. The number of thiazole rings is 1. The molecule has 0 saturated carbocycles. The molecule has 162 valence electrons. The number of aryl methyl sites for hydroxylation is 1.